The fraction of sp³-hybridized carbons (Fsp3) is 0.174. The molecule has 1 aromatic carbocycles. The predicted octanol–water partition coefficient (Wildman–Crippen LogP) is 5.78. The minimum absolute atomic E-state index is 0.526. The first-order chi connectivity index (χ1) is 13.3. The van der Waals surface area contributed by atoms with Crippen molar-refractivity contribution in [2.45, 2.75) is 13.3 Å². The summed E-state index contributed by atoms with van der Waals surface area (Å²) in [5, 5.41) is 6.38. The lowest BCUT2D eigenvalue weighted by Crippen LogP contribution is -2.02. The second-order valence-electron chi connectivity index (χ2n) is 6.34. The number of thiophene rings is 1. The standard InChI is InChI=1S/C23H21NO2S/c1-16-17(12-14-27-16)7-6-13-26-18-10-11-20-19-8-4-3-5-9-21(19)23(24-25-2)22(20)15-18/h4-12,14-15H,3,13H2,1-2H3/b7-6+,24-23+. The van der Waals surface area contributed by atoms with Gasteiger partial charge in [-0.25, -0.2) is 0 Å². The highest BCUT2D eigenvalue weighted by Crippen LogP contribution is 2.38. The first kappa shape index (κ1) is 17.6. The van der Waals surface area contributed by atoms with Gasteiger partial charge < -0.3 is 9.57 Å². The van der Waals surface area contributed by atoms with Crippen LogP contribution in [-0.2, 0) is 4.84 Å². The van der Waals surface area contributed by atoms with Gasteiger partial charge in [-0.1, -0.05) is 35.5 Å². The number of ether oxygens (including phenoxy) is 1. The Kier molecular flexibility index (Phi) is 5.07. The predicted molar refractivity (Wildman–Crippen MR) is 113 cm³/mol. The van der Waals surface area contributed by atoms with Gasteiger partial charge in [-0.15, -0.1) is 11.3 Å². The van der Waals surface area contributed by atoms with Crippen molar-refractivity contribution in [1.29, 1.82) is 0 Å². The monoisotopic (exact) mass is 375 g/mol. The third-order valence-corrected chi connectivity index (χ3v) is 5.51. The van der Waals surface area contributed by atoms with Crippen molar-refractivity contribution in [2.24, 2.45) is 5.16 Å². The van der Waals surface area contributed by atoms with Gasteiger partial charge in [0.1, 0.15) is 25.2 Å². The van der Waals surface area contributed by atoms with Crippen molar-refractivity contribution in [3.8, 4) is 5.75 Å². The van der Waals surface area contributed by atoms with Crippen LogP contribution in [0.2, 0.25) is 0 Å². The van der Waals surface area contributed by atoms with Crippen LogP contribution in [0.1, 0.15) is 28.0 Å². The molecule has 0 amide bonds. The van der Waals surface area contributed by atoms with Crippen LogP contribution in [0.15, 0.2) is 70.8 Å². The summed E-state index contributed by atoms with van der Waals surface area (Å²) in [6.45, 7) is 2.65. The van der Waals surface area contributed by atoms with E-state index in [1.54, 1.807) is 18.4 Å². The van der Waals surface area contributed by atoms with E-state index in [0.717, 1.165) is 29.0 Å². The zero-order chi connectivity index (χ0) is 18.6. The number of aryl methyl sites for hydroxylation is 1. The molecule has 4 heteroatoms. The van der Waals surface area contributed by atoms with Crippen LogP contribution >= 0.6 is 11.3 Å². The van der Waals surface area contributed by atoms with E-state index >= 15 is 0 Å². The van der Waals surface area contributed by atoms with E-state index in [0.29, 0.717) is 6.61 Å². The molecular weight excluding hydrogens is 354 g/mol. The number of nitrogens with zero attached hydrogens (tertiary/aromatic N) is 1. The van der Waals surface area contributed by atoms with Crippen molar-refractivity contribution in [2.75, 3.05) is 13.7 Å². The molecule has 27 heavy (non-hydrogen) atoms. The topological polar surface area (TPSA) is 30.8 Å². The number of oxime groups is 1. The molecule has 0 N–H and O–H groups in total. The van der Waals surface area contributed by atoms with Gasteiger partial charge in [0.15, 0.2) is 0 Å². The van der Waals surface area contributed by atoms with Gasteiger partial charge in [0.05, 0.1) is 0 Å². The third-order valence-electron chi connectivity index (χ3n) is 4.65. The van der Waals surface area contributed by atoms with Crippen molar-refractivity contribution < 1.29 is 9.57 Å². The maximum Gasteiger partial charge on any atom is 0.120 e. The highest BCUT2D eigenvalue weighted by atomic mass is 32.1. The fourth-order valence-corrected chi connectivity index (χ4v) is 4.03. The molecule has 0 saturated carbocycles. The summed E-state index contributed by atoms with van der Waals surface area (Å²) >= 11 is 1.76. The van der Waals surface area contributed by atoms with Gasteiger partial charge in [-0.2, -0.15) is 0 Å². The molecule has 0 fully saturated rings. The van der Waals surface area contributed by atoms with E-state index in [1.165, 1.54) is 21.6 Å². The van der Waals surface area contributed by atoms with Gasteiger partial charge in [-0.3, -0.25) is 0 Å². The Morgan fingerprint density at radius 1 is 1.11 bits per heavy atom. The molecule has 4 rings (SSSR count). The zero-order valence-electron chi connectivity index (χ0n) is 15.4. The van der Waals surface area contributed by atoms with Crippen LogP contribution in [0.5, 0.6) is 5.75 Å². The lowest BCUT2D eigenvalue weighted by Gasteiger charge is -2.08. The van der Waals surface area contributed by atoms with E-state index in [2.05, 4.69) is 60.0 Å². The van der Waals surface area contributed by atoms with E-state index in [1.807, 2.05) is 18.2 Å². The molecule has 3 nitrogen and oxygen atoms in total. The maximum atomic E-state index is 5.94. The molecule has 1 aromatic heterocycles. The number of fused-ring (bicyclic) bond motifs is 2. The molecule has 2 aliphatic carbocycles. The first-order valence-corrected chi connectivity index (χ1v) is 9.83. The van der Waals surface area contributed by atoms with Crippen molar-refractivity contribution in [1.82, 2.24) is 0 Å². The Morgan fingerprint density at radius 2 is 1.96 bits per heavy atom. The average molecular weight is 375 g/mol. The second kappa shape index (κ2) is 7.80. The smallest absolute Gasteiger partial charge is 0.120 e. The van der Waals surface area contributed by atoms with Crippen LogP contribution in [0.4, 0.5) is 0 Å². The summed E-state index contributed by atoms with van der Waals surface area (Å²) in [5.41, 5.74) is 6.62. The zero-order valence-corrected chi connectivity index (χ0v) is 16.3. The van der Waals surface area contributed by atoms with E-state index in [4.69, 9.17) is 9.57 Å². The van der Waals surface area contributed by atoms with Gasteiger partial charge >= 0.3 is 0 Å². The quantitative estimate of drug-likeness (QED) is 0.620. The molecule has 1 heterocycles. The number of benzene rings is 1. The number of hydrogen-bond acceptors (Lipinski definition) is 4. The lowest BCUT2D eigenvalue weighted by molar-refractivity contribution is 0.214. The van der Waals surface area contributed by atoms with Crippen molar-refractivity contribution >= 4 is 28.7 Å². The maximum absolute atomic E-state index is 5.94. The van der Waals surface area contributed by atoms with Crippen LogP contribution in [0, 0.1) is 6.92 Å². The molecule has 0 aliphatic heterocycles. The Labute approximate surface area is 163 Å². The normalized spacial score (nSPS) is 16.7. The van der Waals surface area contributed by atoms with E-state index < -0.39 is 0 Å². The molecule has 0 radical (unpaired) electrons. The Balaban J connectivity index is 1.55. The summed E-state index contributed by atoms with van der Waals surface area (Å²) in [4.78, 5) is 6.43. The third kappa shape index (κ3) is 3.53. The molecular formula is C23H21NO2S. The summed E-state index contributed by atoms with van der Waals surface area (Å²) in [6, 6.07) is 8.30. The number of hydrogen-bond donors (Lipinski definition) is 0. The van der Waals surface area contributed by atoms with Crippen LogP contribution in [0.25, 0.3) is 11.6 Å². The van der Waals surface area contributed by atoms with E-state index in [9.17, 15) is 0 Å². The molecule has 2 aliphatic rings. The Hall–Kier alpha value is -2.85. The Bertz CT molecular complexity index is 1010. The summed E-state index contributed by atoms with van der Waals surface area (Å²) in [7, 11) is 1.58. The molecule has 136 valence electrons. The van der Waals surface area contributed by atoms with Gasteiger partial charge in [-0.05, 0) is 65.8 Å². The number of allylic oxidation sites excluding steroid dienone is 6. The van der Waals surface area contributed by atoms with Gasteiger partial charge in [0.25, 0.3) is 0 Å². The molecule has 0 spiro atoms. The van der Waals surface area contributed by atoms with E-state index in [-0.39, 0.29) is 0 Å². The highest BCUT2D eigenvalue weighted by molar-refractivity contribution is 7.10. The highest BCUT2D eigenvalue weighted by Gasteiger charge is 2.26. The fourth-order valence-electron chi connectivity index (χ4n) is 3.34. The molecule has 0 saturated heterocycles. The SMILES string of the molecule is CO/N=C1\C2=C(C=CCC=C2)c2ccc(OC/C=C/c3ccsc3C)cc21. The molecule has 0 unspecified atom stereocenters. The summed E-state index contributed by atoms with van der Waals surface area (Å²) < 4.78 is 5.94. The lowest BCUT2D eigenvalue weighted by atomic mass is 10.0. The first-order valence-electron chi connectivity index (χ1n) is 8.95. The second-order valence-corrected chi connectivity index (χ2v) is 7.46. The molecule has 0 bridgehead atoms. The van der Waals surface area contributed by atoms with Gasteiger partial charge in [0, 0.05) is 16.0 Å². The largest absolute Gasteiger partial charge is 0.490 e. The van der Waals surface area contributed by atoms with Crippen molar-refractivity contribution in [3.63, 3.8) is 0 Å². The average Bonchev–Trinajstić information content (AvgIpc) is 3.10. The summed E-state index contributed by atoms with van der Waals surface area (Å²) in [5.74, 6) is 0.829. The minimum atomic E-state index is 0.526. The van der Waals surface area contributed by atoms with Crippen LogP contribution in [0.3, 0.4) is 0 Å². The van der Waals surface area contributed by atoms with Crippen molar-refractivity contribution in [3.05, 3.63) is 87.2 Å². The Morgan fingerprint density at radius 3 is 2.74 bits per heavy atom. The minimum Gasteiger partial charge on any atom is -0.490 e. The summed E-state index contributed by atoms with van der Waals surface area (Å²) in [6.07, 6.45) is 13.7. The molecule has 0 atom stereocenters. The van der Waals surface area contributed by atoms with Crippen LogP contribution in [-0.4, -0.2) is 19.4 Å². The van der Waals surface area contributed by atoms with Gasteiger partial charge in [0.2, 0.25) is 0 Å². The van der Waals surface area contributed by atoms with Crippen LogP contribution < -0.4 is 4.74 Å². The molecule has 2 aromatic rings. The number of rotatable bonds is 5.